The fourth-order valence-electron chi connectivity index (χ4n) is 3.03. The lowest BCUT2D eigenvalue weighted by atomic mass is 9.79. The van der Waals surface area contributed by atoms with Crippen LogP contribution in [0, 0.1) is 22.0 Å². The van der Waals surface area contributed by atoms with E-state index in [1.165, 1.54) is 19.2 Å². The van der Waals surface area contributed by atoms with E-state index in [1.54, 1.807) is 0 Å². The van der Waals surface area contributed by atoms with Gasteiger partial charge in [-0.15, -0.1) is 0 Å². The van der Waals surface area contributed by atoms with Gasteiger partial charge in [0.15, 0.2) is 0 Å². The molecular formula is C16H19ClN2O5. The van der Waals surface area contributed by atoms with Gasteiger partial charge in [0.2, 0.25) is 0 Å². The fraction of sp³-hybridized carbons (Fsp3) is 0.500. The van der Waals surface area contributed by atoms with E-state index < -0.39 is 10.8 Å². The molecule has 1 aromatic rings. The van der Waals surface area contributed by atoms with Crippen LogP contribution in [0.2, 0.25) is 5.02 Å². The van der Waals surface area contributed by atoms with Crippen LogP contribution in [0.5, 0.6) is 0 Å². The number of carbonyl (C=O) groups excluding carboxylic acids is 2. The molecule has 1 saturated carbocycles. The second-order valence-corrected chi connectivity index (χ2v) is 6.21. The third-order valence-corrected chi connectivity index (χ3v) is 4.67. The molecule has 0 bridgehead atoms. The van der Waals surface area contributed by atoms with Crippen molar-refractivity contribution in [3.63, 3.8) is 0 Å². The first kappa shape index (κ1) is 18.2. The highest BCUT2D eigenvalue weighted by Crippen LogP contribution is 2.30. The molecule has 7 nitrogen and oxygen atoms in total. The number of amides is 1. The Labute approximate surface area is 144 Å². The summed E-state index contributed by atoms with van der Waals surface area (Å²) < 4.78 is 4.82. The minimum Gasteiger partial charge on any atom is -0.469 e. The molecule has 1 amide bonds. The summed E-state index contributed by atoms with van der Waals surface area (Å²) in [5.41, 5.74) is -0.147. The number of methoxy groups -OCH3 is 1. The summed E-state index contributed by atoms with van der Waals surface area (Å²) in [6, 6.07) is 3.72. The highest BCUT2D eigenvalue weighted by Gasteiger charge is 2.32. The first-order valence-corrected chi connectivity index (χ1v) is 8.11. The zero-order chi connectivity index (χ0) is 17.7. The van der Waals surface area contributed by atoms with Crippen molar-refractivity contribution >= 4 is 29.2 Å². The Hall–Kier alpha value is -2.15. The summed E-state index contributed by atoms with van der Waals surface area (Å²) in [4.78, 5) is 34.4. The average Bonchev–Trinajstić information content (AvgIpc) is 2.59. The minimum absolute atomic E-state index is 0.00683. The van der Waals surface area contributed by atoms with Crippen LogP contribution in [0.1, 0.15) is 36.0 Å². The van der Waals surface area contributed by atoms with E-state index in [2.05, 4.69) is 5.32 Å². The van der Waals surface area contributed by atoms with E-state index in [9.17, 15) is 19.7 Å². The average molecular weight is 355 g/mol. The number of nitrogens with one attached hydrogen (secondary N) is 1. The van der Waals surface area contributed by atoms with Gasteiger partial charge < -0.3 is 10.1 Å². The quantitative estimate of drug-likeness (QED) is 0.498. The molecule has 0 radical (unpaired) electrons. The lowest BCUT2D eigenvalue weighted by Crippen LogP contribution is -2.37. The van der Waals surface area contributed by atoms with Gasteiger partial charge in [-0.2, -0.15) is 0 Å². The molecule has 2 atom stereocenters. The van der Waals surface area contributed by atoms with Gasteiger partial charge in [-0.3, -0.25) is 19.7 Å². The number of rotatable bonds is 5. The molecule has 2 rings (SSSR count). The van der Waals surface area contributed by atoms with Crippen molar-refractivity contribution in [3.8, 4) is 0 Å². The summed E-state index contributed by atoms with van der Waals surface area (Å²) in [5.74, 6) is -0.988. The van der Waals surface area contributed by atoms with Gasteiger partial charge in [0.05, 0.1) is 28.5 Å². The number of benzene rings is 1. The Balaban J connectivity index is 2.05. The second-order valence-electron chi connectivity index (χ2n) is 5.81. The number of non-ortho nitro benzene ring substituents is 1. The van der Waals surface area contributed by atoms with Crippen molar-refractivity contribution in [1.82, 2.24) is 5.32 Å². The lowest BCUT2D eigenvalue weighted by Gasteiger charge is -2.29. The smallest absolute Gasteiger partial charge is 0.309 e. The SMILES string of the molecule is COC(=O)C1CCCCC1CNC(=O)c1cc([N+](=O)[O-])ccc1Cl. The van der Waals surface area contributed by atoms with Crippen LogP contribution in [-0.4, -0.2) is 30.5 Å². The maximum atomic E-state index is 12.3. The van der Waals surface area contributed by atoms with Gasteiger partial charge in [0.25, 0.3) is 11.6 Å². The van der Waals surface area contributed by atoms with E-state index in [-0.39, 0.29) is 34.1 Å². The van der Waals surface area contributed by atoms with E-state index in [0.717, 1.165) is 31.7 Å². The topological polar surface area (TPSA) is 98.5 Å². The van der Waals surface area contributed by atoms with Crippen LogP contribution in [0.3, 0.4) is 0 Å². The van der Waals surface area contributed by atoms with Gasteiger partial charge in [0.1, 0.15) is 0 Å². The number of hydrogen-bond donors (Lipinski definition) is 1. The number of esters is 1. The summed E-state index contributed by atoms with van der Waals surface area (Å²) in [7, 11) is 1.36. The molecule has 1 N–H and O–H groups in total. The van der Waals surface area contributed by atoms with Crippen LogP contribution in [0.15, 0.2) is 18.2 Å². The van der Waals surface area contributed by atoms with E-state index in [1.807, 2.05) is 0 Å². The largest absolute Gasteiger partial charge is 0.469 e. The molecule has 0 heterocycles. The highest BCUT2D eigenvalue weighted by atomic mass is 35.5. The number of nitrogens with zero attached hydrogens (tertiary/aromatic N) is 1. The molecule has 0 saturated heterocycles. The fourth-order valence-corrected chi connectivity index (χ4v) is 3.24. The zero-order valence-electron chi connectivity index (χ0n) is 13.3. The van der Waals surface area contributed by atoms with Gasteiger partial charge in [-0.25, -0.2) is 0 Å². The van der Waals surface area contributed by atoms with Crippen molar-refractivity contribution in [2.24, 2.45) is 11.8 Å². The Kier molecular flexibility index (Phi) is 6.14. The first-order chi connectivity index (χ1) is 11.4. The van der Waals surface area contributed by atoms with E-state index in [0.29, 0.717) is 6.54 Å². The molecule has 1 aliphatic carbocycles. The lowest BCUT2D eigenvalue weighted by molar-refractivity contribution is -0.384. The van der Waals surface area contributed by atoms with Crippen LogP contribution in [0.25, 0.3) is 0 Å². The van der Waals surface area contributed by atoms with Crippen LogP contribution in [-0.2, 0) is 9.53 Å². The number of nitro benzene ring substituents is 1. The van der Waals surface area contributed by atoms with Gasteiger partial charge in [-0.05, 0) is 24.8 Å². The predicted molar refractivity (Wildman–Crippen MR) is 87.9 cm³/mol. The third-order valence-electron chi connectivity index (χ3n) is 4.34. The highest BCUT2D eigenvalue weighted by molar-refractivity contribution is 6.33. The molecule has 130 valence electrons. The number of halogens is 1. The normalized spacial score (nSPS) is 20.2. The van der Waals surface area contributed by atoms with E-state index in [4.69, 9.17) is 16.3 Å². The maximum absolute atomic E-state index is 12.3. The number of nitro groups is 1. The van der Waals surface area contributed by atoms with E-state index >= 15 is 0 Å². The summed E-state index contributed by atoms with van der Waals surface area (Å²) in [5, 5.41) is 13.7. The molecule has 0 aromatic heterocycles. The van der Waals surface area contributed by atoms with Crippen molar-refractivity contribution in [1.29, 1.82) is 0 Å². The molecule has 0 aliphatic heterocycles. The molecule has 0 spiro atoms. The zero-order valence-corrected chi connectivity index (χ0v) is 14.0. The summed E-state index contributed by atoms with van der Waals surface area (Å²) in [6.07, 6.45) is 3.51. The van der Waals surface area contributed by atoms with Crippen molar-refractivity contribution < 1.29 is 19.2 Å². The number of hydrogen-bond acceptors (Lipinski definition) is 5. The van der Waals surface area contributed by atoms with Crippen LogP contribution in [0.4, 0.5) is 5.69 Å². The molecule has 2 unspecified atom stereocenters. The van der Waals surface area contributed by atoms with Gasteiger partial charge in [-0.1, -0.05) is 24.4 Å². The van der Waals surface area contributed by atoms with Crippen LogP contribution >= 0.6 is 11.6 Å². The molecule has 1 aliphatic rings. The van der Waals surface area contributed by atoms with Crippen LogP contribution < -0.4 is 5.32 Å². The van der Waals surface area contributed by atoms with Gasteiger partial charge in [0, 0.05) is 18.7 Å². The monoisotopic (exact) mass is 354 g/mol. The standard InChI is InChI=1S/C16H19ClN2O5/c1-24-16(21)12-5-3-2-4-10(12)9-18-15(20)13-8-11(19(22)23)6-7-14(13)17/h6-8,10,12H,2-5,9H2,1H3,(H,18,20). The molecular weight excluding hydrogens is 336 g/mol. The number of carbonyl (C=O) groups is 2. The first-order valence-electron chi connectivity index (χ1n) is 7.74. The molecule has 1 fully saturated rings. The Morgan fingerprint density at radius 2 is 2.08 bits per heavy atom. The predicted octanol–water partition coefficient (Wildman–Crippen LogP) is 2.96. The van der Waals surface area contributed by atoms with Crippen molar-refractivity contribution in [2.45, 2.75) is 25.7 Å². The minimum atomic E-state index is -0.582. The molecule has 1 aromatic carbocycles. The summed E-state index contributed by atoms with van der Waals surface area (Å²) >= 11 is 5.96. The molecule has 24 heavy (non-hydrogen) atoms. The second kappa shape index (κ2) is 8.10. The van der Waals surface area contributed by atoms with Crippen molar-refractivity contribution in [2.75, 3.05) is 13.7 Å². The Morgan fingerprint density at radius 3 is 2.75 bits per heavy atom. The number of ether oxygens (including phenoxy) is 1. The summed E-state index contributed by atoms with van der Waals surface area (Å²) in [6.45, 7) is 0.303. The Morgan fingerprint density at radius 1 is 1.38 bits per heavy atom. The van der Waals surface area contributed by atoms with Gasteiger partial charge >= 0.3 is 5.97 Å². The molecule has 8 heteroatoms. The maximum Gasteiger partial charge on any atom is 0.309 e. The van der Waals surface area contributed by atoms with Crippen molar-refractivity contribution in [3.05, 3.63) is 38.9 Å². The Bertz CT molecular complexity index is 649. The third kappa shape index (κ3) is 4.23.